The lowest BCUT2D eigenvalue weighted by Gasteiger charge is -2.07. The summed E-state index contributed by atoms with van der Waals surface area (Å²) < 4.78 is 0. The third-order valence-corrected chi connectivity index (χ3v) is 3.41. The third kappa shape index (κ3) is 4.24. The first kappa shape index (κ1) is 12.5. The van der Waals surface area contributed by atoms with Gasteiger partial charge in [-0.15, -0.1) is 24.0 Å². The van der Waals surface area contributed by atoms with Crippen LogP contribution in [0, 0.1) is 0 Å². The van der Waals surface area contributed by atoms with Crippen molar-refractivity contribution in [1.29, 1.82) is 0 Å². The van der Waals surface area contributed by atoms with Crippen LogP contribution >= 0.6 is 24.0 Å². The fraction of sp³-hybridized carbons (Fsp3) is 0.500. The molecule has 0 aliphatic carbocycles. The number of thiophene rings is 1. The summed E-state index contributed by atoms with van der Waals surface area (Å²) in [6.45, 7) is 2.42. The largest absolute Gasteiger partial charge is 0.393 e. The monoisotopic (exact) mass is 245 g/mol. The van der Waals surface area contributed by atoms with Gasteiger partial charge in [0.25, 0.3) is 5.91 Å². The van der Waals surface area contributed by atoms with Gasteiger partial charge >= 0.3 is 0 Å². The van der Waals surface area contributed by atoms with Crippen molar-refractivity contribution < 1.29 is 9.90 Å². The first-order valence-corrected chi connectivity index (χ1v) is 6.20. The second kappa shape index (κ2) is 6.15. The van der Waals surface area contributed by atoms with Crippen molar-refractivity contribution in [3.8, 4) is 0 Å². The predicted octanol–water partition coefficient (Wildman–Crippen LogP) is 1.93. The highest BCUT2D eigenvalue weighted by atomic mass is 32.1. The molecular formula is C10H15NO2S2. The van der Waals surface area contributed by atoms with Crippen LogP contribution in [0.1, 0.15) is 29.4 Å². The van der Waals surface area contributed by atoms with Crippen molar-refractivity contribution in [2.24, 2.45) is 0 Å². The molecular weight excluding hydrogens is 230 g/mol. The number of nitrogens with one attached hydrogen (secondary N) is 1. The van der Waals surface area contributed by atoms with Crippen molar-refractivity contribution >= 4 is 29.9 Å². The van der Waals surface area contributed by atoms with Crippen LogP contribution in [-0.4, -0.2) is 23.7 Å². The van der Waals surface area contributed by atoms with Crippen LogP contribution in [0.25, 0.3) is 0 Å². The van der Waals surface area contributed by atoms with E-state index in [2.05, 4.69) is 17.9 Å². The summed E-state index contributed by atoms with van der Waals surface area (Å²) in [6, 6.07) is 1.74. The van der Waals surface area contributed by atoms with E-state index in [9.17, 15) is 9.90 Å². The van der Waals surface area contributed by atoms with Gasteiger partial charge in [0, 0.05) is 16.8 Å². The van der Waals surface area contributed by atoms with Gasteiger partial charge in [-0.2, -0.15) is 0 Å². The minimum atomic E-state index is -0.325. The molecule has 5 heteroatoms. The van der Waals surface area contributed by atoms with Crippen LogP contribution in [0.5, 0.6) is 0 Å². The summed E-state index contributed by atoms with van der Waals surface area (Å²) in [6.07, 6.45) is 0.992. The molecule has 3 nitrogen and oxygen atoms in total. The van der Waals surface area contributed by atoms with Gasteiger partial charge in [0.05, 0.1) is 11.0 Å². The number of hydrogen-bond acceptors (Lipinski definition) is 4. The summed E-state index contributed by atoms with van der Waals surface area (Å²) >= 11 is 5.50. The Morgan fingerprint density at radius 3 is 3.00 bits per heavy atom. The molecule has 1 aromatic heterocycles. The Morgan fingerprint density at radius 2 is 2.47 bits per heavy atom. The van der Waals surface area contributed by atoms with Crippen LogP contribution < -0.4 is 5.32 Å². The molecule has 0 bridgehead atoms. The molecule has 1 rings (SSSR count). The molecule has 0 fully saturated rings. The molecule has 0 radical (unpaired) electrons. The second-order valence-electron chi connectivity index (χ2n) is 3.28. The molecule has 2 N–H and O–H groups in total. The smallest absolute Gasteiger partial charge is 0.261 e. The van der Waals surface area contributed by atoms with Crippen LogP contribution in [0.2, 0.25) is 0 Å². The standard InChI is InChI=1S/C10H15NO2S2/c1-2-7(12)3-4-11-10(13)9-5-8(14)6-15-9/h5-7,12,14H,2-4H2,1H3,(H,11,13). The van der Waals surface area contributed by atoms with Gasteiger partial charge in [-0.25, -0.2) is 0 Å². The molecule has 0 saturated heterocycles. The minimum Gasteiger partial charge on any atom is -0.393 e. The average molecular weight is 245 g/mol. The molecule has 1 atom stereocenters. The maximum atomic E-state index is 11.5. The third-order valence-electron chi connectivity index (χ3n) is 2.04. The lowest BCUT2D eigenvalue weighted by atomic mass is 10.2. The maximum absolute atomic E-state index is 11.5. The Bertz CT molecular complexity index is 325. The van der Waals surface area contributed by atoms with E-state index < -0.39 is 0 Å². The summed E-state index contributed by atoms with van der Waals surface area (Å²) in [5.74, 6) is -0.0939. The first-order valence-electron chi connectivity index (χ1n) is 4.87. The average Bonchev–Trinajstić information content (AvgIpc) is 2.64. The Balaban J connectivity index is 2.31. The maximum Gasteiger partial charge on any atom is 0.261 e. The zero-order chi connectivity index (χ0) is 11.3. The number of rotatable bonds is 5. The number of hydrogen-bond donors (Lipinski definition) is 3. The van der Waals surface area contributed by atoms with Crippen LogP contribution in [-0.2, 0) is 0 Å². The predicted molar refractivity (Wildman–Crippen MR) is 64.8 cm³/mol. The highest BCUT2D eigenvalue weighted by Gasteiger charge is 2.08. The second-order valence-corrected chi connectivity index (χ2v) is 4.70. The Morgan fingerprint density at radius 1 is 1.73 bits per heavy atom. The summed E-state index contributed by atoms with van der Waals surface area (Å²) in [4.78, 5) is 13.0. The first-order chi connectivity index (χ1) is 7.13. The highest BCUT2D eigenvalue weighted by molar-refractivity contribution is 7.80. The van der Waals surface area contributed by atoms with Gasteiger partial charge in [-0.05, 0) is 18.9 Å². The molecule has 15 heavy (non-hydrogen) atoms. The van der Waals surface area contributed by atoms with Crippen LogP contribution in [0.3, 0.4) is 0 Å². The number of carbonyl (C=O) groups excluding carboxylic acids is 1. The lowest BCUT2D eigenvalue weighted by Crippen LogP contribution is -2.26. The molecule has 84 valence electrons. The zero-order valence-corrected chi connectivity index (χ0v) is 10.3. The van der Waals surface area contributed by atoms with E-state index in [-0.39, 0.29) is 12.0 Å². The summed E-state index contributed by atoms with van der Waals surface area (Å²) in [7, 11) is 0. The van der Waals surface area contributed by atoms with Gasteiger partial charge < -0.3 is 10.4 Å². The molecule has 1 amide bonds. The summed E-state index contributed by atoms with van der Waals surface area (Å²) in [5, 5.41) is 13.9. The Kier molecular flexibility index (Phi) is 5.14. The molecule has 0 aliphatic rings. The minimum absolute atomic E-state index is 0.0939. The fourth-order valence-electron chi connectivity index (χ4n) is 1.09. The number of thiol groups is 1. The van der Waals surface area contributed by atoms with Crippen molar-refractivity contribution in [3.05, 3.63) is 16.3 Å². The van der Waals surface area contributed by atoms with E-state index in [1.165, 1.54) is 11.3 Å². The van der Waals surface area contributed by atoms with E-state index in [0.717, 1.165) is 11.3 Å². The van der Waals surface area contributed by atoms with Gasteiger partial charge in [-0.3, -0.25) is 4.79 Å². The number of amides is 1. The number of carbonyl (C=O) groups is 1. The Labute approximate surface area is 98.9 Å². The van der Waals surface area contributed by atoms with Crippen LogP contribution in [0.15, 0.2) is 16.3 Å². The quantitative estimate of drug-likeness (QED) is 0.694. The summed E-state index contributed by atoms with van der Waals surface area (Å²) in [5.41, 5.74) is 0. The topological polar surface area (TPSA) is 49.3 Å². The molecule has 0 aromatic carbocycles. The van der Waals surface area contributed by atoms with E-state index in [1.807, 2.05) is 12.3 Å². The molecule has 0 saturated carbocycles. The number of aliphatic hydroxyl groups is 1. The zero-order valence-electron chi connectivity index (χ0n) is 8.56. The molecule has 0 aliphatic heterocycles. The molecule has 0 spiro atoms. The highest BCUT2D eigenvalue weighted by Crippen LogP contribution is 2.17. The van der Waals surface area contributed by atoms with Crippen molar-refractivity contribution in [2.75, 3.05) is 6.54 Å². The van der Waals surface area contributed by atoms with Gasteiger partial charge in [-0.1, -0.05) is 6.92 Å². The normalized spacial score (nSPS) is 12.5. The SMILES string of the molecule is CCC(O)CCNC(=O)c1cc(S)cs1. The van der Waals surface area contributed by atoms with E-state index in [4.69, 9.17) is 0 Å². The van der Waals surface area contributed by atoms with Crippen LogP contribution in [0.4, 0.5) is 0 Å². The van der Waals surface area contributed by atoms with Crippen molar-refractivity contribution in [3.63, 3.8) is 0 Å². The molecule has 1 heterocycles. The molecule has 1 unspecified atom stereocenters. The number of aliphatic hydroxyl groups excluding tert-OH is 1. The van der Waals surface area contributed by atoms with Crippen molar-refractivity contribution in [2.45, 2.75) is 30.8 Å². The van der Waals surface area contributed by atoms with E-state index in [0.29, 0.717) is 17.8 Å². The van der Waals surface area contributed by atoms with Crippen molar-refractivity contribution in [1.82, 2.24) is 5.32 Å². The van der Waals surface area contributed by atoms with Gasteiger partial charge in [0.15, 0.2) is 0 Å². The fourth-order valence-corrected chi connectivity index (χ4v) is 2.15. The lowest BCUT2D eigenvalue weighted by molar-refractivity contribution is 0.0946. The van der Waals surface area contributed by atoms with E-state index in [1.54, 1.807) is 6.07 Å². The van der Waals surface area contributed by atoms with Gasteiger partial charge in [0.1, 0.15) is 0 Å². The Hall–Kier alpha value is -0.520. The van der Waals surface area contributed by atoms with E-state index >= 15 is 0 Å². The molecule has 1 aromatic rings. The van der Waals surface area contributed by atoms with Gasteiger partial charge in [0.2, 0.25) is 0 Å².